The van der Waals surface area contributed by atoms with Crippen LogP contribution in [0.4, 0.5) is 4.79 Å². The van der Waals surface area contributed by atoms with Crippen LogP contribution in [0.5, 0.6) is 0 Å². The second-order valence-electron chi connectivity index (χ2n) is 7.60. The van der Waals surface area contributed by atoms with Gasteiger partial charge in [0.1, 0.15) is 0 Å². The van der Waals surface area contributed by atoms with E-state index < -0.39 is 11.8 Å². The highest BCUT2D eigenvalue weighted by Crippen LogP contribution is 2.14. The maximum absolute atomic E-state index is 11.8. The summed E-state index contributed by atoms with van der Waals surface area (Å²) in [4.78, 5) is 30.6. The minimum absolute atomic E-state index is 0.417. The largest absolute Gasteiger partial charge is 0.464 e. The summed E-state index contributed by atoms with van der Waals surface area (Å²) in [6.07, 6.45) is 3.95. The minimum Gasteiger partial charge on any atom is -0.464 e. The fourth-order valence-electron chi connectivity index (χ4n) is 3.88. The molecule has 0 atom stereocenters. The Kier molecular flexibility index (Phi) is 6.11. The summed E-state index contributed by atoms with van der Waals surface area (Å²) in [5.41, 5.74) is 2.60. The summed E-state index contributed by atoms with van der Waals surface area (Å²) in [5, 5.41) is 9.25. The standard InChI is InChI=1S/C23H26N4O3/c28-22-24-20-9-8-19(17-21(20)27(22)23(29)30)10-12-26-15-13-25(14-16-26)11-4-7-18-5-2-1-3-6-18/h1-9,17H,10-16H2,(H,24,28)(H,29,30)/b7-4+. The molecule has 2 N–H and O–H groups in total. The maximum atomic E-state index is 11.8. The molecule has 2 heterocycles. The lowest BCUT2D eigenvalue weighted by atomic mass is 10.1. The molecule has 4 rings (SSSR count). The van der Waals surface area contributed by atoms with Crippen LogP contribution < -0.4 is 5.69 Å². The quantitative estimate of drug-likeness (QED) is 0.658. The molecule has 0 saturated carbocycles. The summed E-state index contributed by atoms with van der Waals surface area (Å²) >= 11 is 0. The molecule has 1 fully saturated rings. The van der Waals surface area contributed by atoms with E-state index in [4.69, 9.17) is 0 Å². The molecule has 0 spiro atoms. The van der Waals surface area contributed by atoms with E-state index in [1.807, 2.05) is 24.3 Å². The van der Waals surface area contributed by atoms with Crippen LogP contribution in [-0.4, -0.2) is 69.8 Å². The van der Waals surface area contributed by atoms with Gasteiger partial charge in [-0.25, -0.2) is 9.59 Å². The van der Waals surface area contributed by atoms with Gasteiger partial charge in [-0.1, -0.05) is 48.6 Å². The summed E-state index contributed by atoms with van der Waals surface area (Å²) in [7, 11) is 0. The zero-order valence-corrected chi connectivity index (χ0v) is 16.8. The van der Waals surface area contributed by atoms with E-state index in [1.54, 1.807) is 12.1 Å². The van der Waals surface area contributed by atoms with Gasteiger partial charge in [0.2, 0.25) is 0 Å². The van der Waals surface area contributed by atoms with E-state index >= 15 is 0 Å². The average Bonchev–Trinajstić information content (AvgIpc) is 3.09. The number of hydrogen-bond acceptors (Lipinski definition) is 4. The lowest BCUT2D eigenvalue weighted by Gasteiger charge is -2.34. The van der Waals surface area contributed by atoms with Crippen LogP contribution in [0.1, 0.15) is 11.1 Å². The first-order chi connectivity index (χ1) is 14.6. The van der Waals surface area contributed by atoms with Gasteiger partial charge in [-0.2, -0.15) is 4.57 Å². The van der Waals surface area contributed by atoms with Gasteiger partial charge in [0.25, 0.3) is 0 Å². The SMILES string of the molecule is O=C(O)n1c(=O)[nH]c2ccc(CCN3CCN(C/C=C/c4ccccc4)CC3)cc21. The number of benzene rings is 2. The molecule has 7 heteroatoms. The van der Waals surface area contributed by atoms with Gasteiger partial charge in [0.05, 0.1) is 11.0 Å². The van der Waals surface area contributed by atoms with Crippen LogP contribution in [-0.2, 0) is 6.42 Å². The van der Waals surface area contributed by atoms with Crippen molar-refractivity contribution in [2.24, 2.45) is 0 Å². The van der Waals surface area contributed by atoms with Gasteiger partial charge in [-0.05, 0) is 29.7 Å². The van der Waals surface area contributed by atoms with Crippen molar-refractivity contribution in [3.63, 3.8) is 0 Å². The Morgan fingerprint density at radius 3 is 2.50 bits per heavy atom. The number of aromatic nitrogens is 2. The van der Waals surface area contributed by atoms with Gasteiger partial charge in [0.15, 0.2) is 0 Å². The van der Waals surface area contributed by atoms with Crippen molar-refractivity contribution in [3.05, 3.63) is 76.2 Å². The zero-order chi connectivity index (χ0) is 20.9. The Hall–Kier alpha value is -3.16. The first-order valence-corrected chi connectivity index (χ1v) is 10.2. The van der Waals surface area contributed by atoms with Crippen molar-refractivity contribution in [2.45, 2.75) is 6.42 Å². The van der Waals surface area contributed by atoms with E-state index in [9.17, 15) is 14.7 Å². The van der Waals surface area contributed by atoms with E-state index in [1.165, 1.54) is 5.56 Å². The molecular weight excluding hydrogens is 380 g/mol. The minimum atomic E-state index is -1.26. The van der Waals surface area contributed by atoms with Gasteiger partial charge in [-0.15, -0.1) is 0 Å². The highest BCUT2D eigenvalue weighted by Gasteiger charge is 2.16. The molecule has 30 heavy (non-hydrogen) atoms. The molecular formula is C23H26N4O3. The number of nitrogens with zero attached hydrogens (tertiary/aromatic N) is 3. The summed E-state index contributed by atoms with van der Waals surface area (Å²) in [6.45, 7) is 5.99. The van der Waals surface area contributed by atoms with E-state index in [-0.39, 0.29) is 0 Å². The average molecular weight is 406 g/mol. The number of piperazine rings is 1. The van der Waals surface area contributed by atoms with Crippen molar-refractivity contribution in [1.29, 1.82) is 0 Å². The zero-order valence-electron chi connectivity index (χ0n) is 16.8. The molecule has 0 unspecified atom stereocenters. The number of carbonyl (C=O) groups is 1. The summed E-state index contributed by atoms with van der Waals surface area (Å²) < 4.78 is 0.764. The molecule has 0 radical (unpaired) electrons. The number of aromatic amines is 1. The first kappa shape index (κ1) is 20.1. The number of carboxylic acid groups (broad SMARTS) is 1. The smallest absolute Gasteiger partial charge is 0.420 e. The Morgan fingerprint density at radius 1 is 1.03 bits per heavy atom. The summed E-state index contributed by atoms with van der Waals surface area (Å²) in [6, 6.07) is 15.9. The third-order valence-corrected chi connectivity index (χ3v) is 5.59. The predicted molar refractivity (Wildman–Crippen MR) is 118 cm³/mol. The first-order valence-electron chi connectivity index (χ1n) is 10.2. The van der Waals surface area contributed by atoms with Crippen molar-refractivity contribution in [3.8, 4) is 0 Å². The van der Waals surface area contributed by atoms with Gasteiger partial charge < -0.3 is 15.0 Å². The molecule has 0 bridgehead atoms. The van der Waals surface area contributed by atoms with Crippen LogP contribution in [0.25, 0.3) is 17.1 Å². The number of imidazole rings is 1. The molecule has 2 aromatic carbocycles. The van der Waals surface area contributed by atoms with Crippen molar-refractivity contribution < 1.29 is 9.90 Å². The number of hydrogen-bond donors (Lipinski definition) is 2. The normalized spacial score (nSPS) is 15.9. The van der Waals surface area contributed by atoms with E-state index in [0.717, 1.165) is 55.8 Å². The monoisotopic (exact) mass is 406 g/mol. The van der Waals surface area contributed by atoms with Crippen molar-refractivity contribution >= 4 is 23.2 Å². The molecule has 1 aromatic heterocycles. The third-order valence-electron chi connectivity index (χ3n) is 5.59. The molecule has 156 valence electrons. The lowest BCUT2D eigenvalue weighted by molar-refractivity contribution is 0.144. The number of fused-ring (bicyclic) bond motifs is 1. The van der Waals surface area contributed by atoms with Crippen LogP contribution in [0.2, 0.25) is 0 Å². The molecule has 0 aliphatic carbocycles. The molecule has 1 aliphatic heterocycles. The topological polar surface area (TPSA) is 81.6 Å². The Morgan fingerprint density at radius 2 is 1.77 bits per heavy atom. The van der Waals surface area contributed by atoms with Crippen LogP contribution in [0.3, 0.4) is 0 Å². The highest BCUT2D eigenvalue weighted by atomic mass is 16.4. The van der Waals surface area contributed by atoms with E-state index in [0.29, 0.717) is 11.0 Å². The summed E-state index contributed by atoms with van der Waals surface area (Å²) in [5.74, 6) is 0. The molecule has 1 saturated heterocycles. The van der Waals surface area contributed by atoms with Crippen LogP contribution in [0, 0.1) is 0 Å². The number of nitrogens with one attached hydrogen (secondary N) is 1. The lowest BCUT2D eigenvalue weighted by Crippen LogP contribution is -2.46. The fourth-order valence-corrected chi connectivity index (χ4v) is 3.88. The molecule has 1 aliphatic rings. The van der Waals surface area contributed by atoms with Crippen LogP contribution in [0.15, 0.2) is 59.4 Å². The Balaban J connectivity index is 1.27. The van der Waals surface area contributed by atoms with Crippen molar-refractivity contribution in [2.75, 3.05) is 39.3 Å². The van der Waals surface area contributed by atoms with Gasteiger partial charge in [-0.3, -0.25) is 4.90 Å². The Bertz CT molecular complexity index is 1090. The second-order valence-corrected chi connectivity index (χ2v) is 7.60. The number of H-pyrrole nitrogens is 1. The van der Waals surface area contributed by atoms with Crippen LogP contribution >= 0.6 is 0 Å². The van der Waals surface area contributed by atoms with Gasteiger partial charge in [0, 0.05) is 39.3 Å². The maximum Gasteiger partial charge on any atom is 0.420 e. The van der Waals surface area contributed by atoms with Crippen molar-refractivity contribution in [1.82, 2.24) is 19.4 Å². The predicted octanol–water partition coefficient (Wildman–Crippen LogP) is 2.73. The molecule has 7 nitrogen and oxygen atoms in total. The third kappa shape index (κ3) is 4.69. The highest BCUT2D eigenvalue weighted by molar-refractivity contribution is 5.85. The number of rotatable bonds is 6. The molecule has 3 aromatic rings. The van der Waals surface area contributed by atoms with Gasteiger partial charge >= 0.3 is 11.8 Å². The fraction of sp³-hybridized carbons (Fsp3) is 0.304. The Labute approximate surface area is 174 Å². The van der Waals surface area contributed by atoms with E-state index in [2.05, 4.69) is 39.1 Å². The second kappa shape index (κ2) is 9.11. The molecule has 0 amide bonds.